The van der Waals surface area contributed by atoms with Gasteiger partial charge in [-0.1, -0.05) is 11.6 Å². The summed E-state index contributed by atoms with van der Waals surface area (Å²) >= 11 is 5.86. The SMILES string of the molecule is CCOC(=O)c1noc(Nc2nc3ccc(Cl)cc3o2)n1. The Morgan fingerprint density at radius 3 is 3.05 bits per heavy atom. The summed E-state index contributed by atoms with van der Waals surface area (Å²) in [4.78, 5) is 19.4. The number of benzene rings is 1. The highest BCUT2D eigenvalue weighted by Crippen LogP contribution is 2.24. The zero-order valence-electron chi connectivity index (χ0n) is 10.8. The maximum absolute atomic E-state index is 11.4. The van der Waals surface area contributed by atoms with Gasteiger partial charge in [-0.25, -0.2) is 4.79 Å². The fourth-order valence-electron chi connectivity index (χ4n) is 1.60. The number of carbonyl (C=O) groups excluding carboxylic acids is 1. The normalized spacial score (nSPS) is 10.8. The molecule has 0 aliphatic heterocycles. The van der Waals surface area contributed by atoms with Crippen molar-refractivity contribution < 1.29 is 18.5 Å². The number of halogens is 1. The van der Waals surface area contributed by atoms with Gasteiger partial charge in [-0.05, 0) is 24.2 Å². The van der Waals surface area contributed by atoms with E-state index >= 15 is 0 Å². The fraction of sp³-hybridized carbons (Fsp3) is 0.167. The van der Waals surface area contributed by atoms with Crippen LogP contribution in [-0.4, -0.2) is 27.7 Å². The molecule has 0 aliphatic carbocycles. The standard InChI is InChI=1S/C12H9ClN4O4/c1-2-19-10(18)9-15-12(21-17-9)16-11-14-7-4-3-6(13)5-8(7)20-11/h3-5H,2H2,1H3,(H,14,15,16,17). The summed E-state index contributed by atoms with van der Waals surface area (Å²) in [6, 6.07) is 5.15. The van der Waals surface area contributed by atoms with Crippen LogP contribution in [0.3, 0.4) is 0 Å². The summed E-state index contributed by atoms with van der Waals surface area (Å²) in [6.07, 6.45) is 0. The number of esters is 1. The summed E-state index contributed by atoms with van der Waals surface area (Å²) in [5.41, 5.74) is 1.13. The Bertz CT molecular complexity index is 798. The molecule has 0 atom stereocenters. The van der Waals surface area contributed by atoms with Crippen LogP contribution in [0.1, 0.15) is 17.5 Å². The van der Waals surface area contributed by atoms with Gasteiger partial charge in [-0.3, -0.25) is 5.32 Å². The second-order valence-corrected chi connectivity index (χ2v) is 4.34. The molecule has 3 rings (SSSR count). The zero-order valence-corrected chi connectivity index (χ0v) is 11.5. The van der Waals surface area contributed by atoms with Crippen molar-refractivity contribution in [3.63, 3.8) is 0 Å². The minimum absolute atomic E-state index is 0.0318. The number of nitrogens with one attached hydrogen (secondary N) is 1. The van der Waals surface area contributed by atoms with Gasteiger partial charge in [0.2, 0.25) is 0 Å². The molecule has 0 bridgehead atoms. The number of anilines is 2. The first-order valence-corrected chi connectivity index (χ1v) is 6.37. The van der Waals surface area contributed by atoms with Gasteiger partial charge in [0.1, 0.15) is 5.52 Å². The van der Waals surface area contributed by atoms with E-state index in [-0.39, 0.29) is 24.5 Å². The number of carbonyl (C=O) groups is 1. The summed E-state index contributed by atoms with van der Waals surface area (Å²) in [5.74, 6) is -0.850. The van der Waals surface area contributed by atoms with Crippen LogP contribution < -0.4 is 5.32 Å². The van der Waals surface area contributed by atoms with Crippen LogP contribution in [0.4, 0.5) is 12.0 Å². The zero-order chi connectivity index (χ0) is 14.8. The first-order chi connectivity index (χ1) is 10.2. The first-order valence-electron chi connectivity index (χ1n) is 5.99. The lowest BCUT2D eigenvalue weighted by Crippen LogP contribution is -2.06. The molecule has 0 radical (unpaired) electrons. The van der Waals surface area contributed by atoms with Crippen molar-refractivity contribution >= 4 is 40.7 Å². The highest BCUT2D eigenvalue weighted by molar-refractivity contribution is 6.31. The second-order valence-electron chi connectivity index (χ2n) is 3.90. The summed E-state index contributed by atoms with van der Waals surface area (Å²) in [7, 11) is 0. The van der Waals surface area contributed by atoms with Gasteiger partial charge in [0, 0.05) is 11.1 Å². The van der Waals surface area contributed by atoms with Crippen molar-refractivity contribution in [1.29, 1.82) is 0 Å². The van der Waals surface area contributed by atoms with E-state index in [0.29, 0.717) is 16.1 Å². The Balaban J connectivity index is 1.80. The van der Waals surface area contributed by atoms with E-state index in [0.717, 1.165) is 0 Å². The molecule has 1 N–H and O–H groups in total. The van der Waals surface area contributed by atoms with Crippen LogP contribution in [0.15, 0.2) is 27.1 Å². The van der Waals surface area contributed by atoms with Crippen molar-refractivity contribution in [3.05, 3.63) is 29.0 Å². The molecule has 1 aromatic carbocycles. The molecule has 0 spiro atoms. The molecule has 2 aromatic heterocycles. The molecule has 0 unspecified atom stereocenters. The van der Waals surface area contributed by atoms with Crippen LogP contribution >= 0.6 is 11.6 Å². The van der Waals surface area contributed by atoms with Gasteiger partial charge in [0.05, 0.1) is 6.61 Å². The van der Waals surface area contributed by atoms with Crippen LogP contribution in [0.2, 0.25) is 5.02 Å². The fourth-order valence-corrected chi connectivity index (χ4v) is 1.76. The van der Waals surface area contributed by atoms with E-state index in [1.54, 1.807) is 25.1 Å². The average Bonchev–Trinajstić information content (AvgIpc) is 3.05. The largest absolute Gasteiger partial charge is 0.460 e. The molecule has 0 saturated heterocycles. The predicted octanol–water partition coefficient (Wildman–Crippen LogP) is 2.78. The van der Waals surface area contributed by atoms with Gasteiger partial charge in [0.25, 0.3) is 5.82 Å². The van der Waals surface area contributed by atoms with E-state index < -0.39 is 5.97 Å². The average molecular weight is 309 g/mol. The van der Waals surface area contributed by atoms with E-state index in [4.69, 9.17) is 25.3 Å². The molecule has 21 heavy (non-hydrogen) atoms. The number of aromatic nitrogens is 3. The lowest BCUT2D eigenvalue weighted by Gasteiger charge is -1.93. The summed E-state index contributed by atoms with van der Waals surface area (Å²) in [6.45, 7) is 1.91. The minimum atomic E-state index is -0.668. The maximum atomic E-state index is 11.4. The van der Waals surface area contributed by atoms with Gasteiger partial charge >= 0.3 is 18.0 Å². The van der Waals surface area contributed by atoms with Crippen LogP contribution in [0.5, 0.6) is 0 Å². The van der Waals surface area contributed by atoms with Crippen LogP contribution in [0.25, 0.3) is 11.1 Å². The van der Waals surface area contributed by atoms with Crippen molar-refractivity contribution in [3.8, 4) is 0 Å². The number of hydrogen-bond acceptors (Lipinski definition) is 8. The highest BCUT2D eigenvalue weighted by atomic mass is 35.5. The summed E-state index contributed by atoms with van der Waals surface area (Å²) in [5, 5.41) is 6.68. The maximum Gasteiger partial charge on any atom is 0.380 e. The Hall–Kier alpha value is -2.61. The van der Waals surface area contributed by atoms with E-state index in [1.165, 1.54) is 0 Å². The number of ether oxygens (including phenoxy) is 1. The topological polar surface area (TPSA) is 103 Å². The number of fused-ring (bicyclic) bond motifs is 1. The molecule has 0 aliphatic rings. The molecule has 3 aromatic rings. The summed E-state index contributed by atoms with van der Waals surface area (Å²) < 4.78 is 15.0. The minimum Gasteiger partial charge on any atom is -0.460 e. The van der Waals surface area contributed by atoms with Crippen molar-refractivity contribution in [2.75, 3.05) is 11.9 Å². The number of hydrogen-bond donors (Lipinski definition) is 1. The molecular weight excluding hydrogens is 300 g/mol. The third kappa shape index (κ3) is 2.79. The molecule has 0 saturated carbocycles. The molecule has 8 nitrogen and oxygen atoms in total. The monoisotopic (exact) mass is 308 g/mol. The Labute approximate surface area is 123 Å². The number of oxazole rings is 1. The third-order valence-electron chi connectivity index (χ3n) is 2.45. The van der Waals surface area contributed by atoms with Gasteiger partial charge in [-0.2, -0.15) is 9.97 Å². The van der Waals surface area contributed by atoms with E-state index in [9.17, 15) is 4.79 Å². The highest BCUT2D eigenvalue weighted by Gasteiger charge is 2.17. The van der Waals surface area contributed by atoms with E-state index in [2.05, 4.69) is 20.4 Å². The van der Waals surface area contributed by atoms with Crippen molar-refractivity contribution in [1.82, 2.24) is 15.1 Å². The number of rotatable bonds is 4. The molecule has 0 fully saturated rings. The Kier molecular flexibility index (Phi) is 3.44. The van der Waals surface area contributed by atoms with E-state index in [1.807, 2.05) is 0 Å². The lowest BCUT2D eigenvalue weighted by molar-refractivity contribution is 0.0508. The molecular formula is C12H9ClN4O4. The number of nitrogens with zero attached hydrogens (tertiary/aromatic N) is 3. The Morgan fingerprint density at radius 2 is 2.24 bits per heavy atom. The van der Waals surface area contributed by atoms with Gasteiger partial charge in [0.15, 0.2) is 5.58 Å². The molecule has 9 heteroatoms. The van der Waals surface area contributed by atoms with Crippen molar-refractivity contribution in [2.24, 2.45) is 0 Å². The van der Waals surface area contributed by atoms with Crippen molar-refractivity contribution in [2.45, 2.75) is 6.92 Å². The Morgan fingerprint density at radius 1 is 1.38 bits per heavy atom. The molecule has 108 valence electrons. The molecule has 2 heterocycles. The van der Waals surface area contributed by atoms with Gasteiger partial charge < -0.3 is 13.7 Å². The van der Waals surface area contributed by atoms with Gasteiger partial charge in [-0.15, -0.1) is 0 Å². The lowest BCUT2D eigenvalue weighted by atomic mass is 10.3. The first kappa shape index (κ1) is 13.4. The molecule has 0 amide bonds. The van der Waals surface area contributed by atoms with Crippen LogP contribution in [-0.2, 0) is 4.74 Å². The third-order valence-corrected chi connectivity index (χ3v) is 2.68. The second kappa shape index (κ2) is 5.41. The smallest absolute Gasteiger partial charge is 0.380 e. The predicted molar refractivity (Wildman–Crippen MR) is 72.6 cm³/mol. The van der Waals surface area contributed by atoms with Crippen LogP contribution in [0, 0.1) is 0 Å². The quantitative estimate of drug-likeness (QED) is 0.734.